The zero-order valence-electron chi connectivity index (χ0n) is 16.5. The Morgan fingerprint density at radius 3 is 2.32 bits per heavy atom. The van der Waals surface area contributed by atoms with Crippen LogP contribution in [-0.2, 0) is 4.79 Å². The number of piperazine rings is 1. The van der Waals surface area contributed by atoms with E-state index in [2.05, 4.69) is 39.4 Å². The van der Waals surface area contributed by atoms with Crippen molar-refractivity contribution in [3.63, 3.8) is 0 Å². The summed E-state index contributed by atoms with van der Waals surface area (Å²) >= 11 is 5.89. The number of benzene rings is 2. The smallest absolute Gasteiger partial charge is 0.263 e. The maximum Gasteiger partial charge on any atom is 0.263 e. The van der Waals surface area contributed by atoms with E-state index >= 15 is 0 Å². The van der Waals surface area contributed by atoms with Crippen LogP contribution in [0.15, 0.2) is 54.6 Å². The Hall–Kier alpha value is -2.24. The molecule has 0 aliphatic carbocycles. The molecule has 0 bridgehead atoms. The molecule has 1 N–H and O–H groups in total. The minimum Gasteiger partial charge on any atom is -0.478 e. The number of ether oxygens (including phenoxy) is 1. The molecular weight excluding hydrogens is 374 g/mol. The number of para-hydroxylation sites is 1. The van der Waals surface area contributed by atoms with Gasteiger partial charge in [0.05, 0.1) is 0 Å². The highest BCUT2D eigenvalue weighted by Gasteiger charge is 2.29. The van der Waals surface area contributed by atoms with Crippen LogP contribution in [0.3, 0.4) is 0 Å². The zero-order chi connectivity index (χ0) is 20.0. The maximum atomic E-state index is 12.5. The number of nitrogens with zero attached hydrogens (tertiary/aromatic N) is 2. The summed E-state index contributed by atoms with van der Waals surface area (Å²) in [5, 5.41) is 3.64. The van der Waals surface area contributed by atoms with Gasteiger partial charge in [-0.15, -0.1) is 0 Å². The van der Waals surface area contributed by atoms with Crippen molar-refractivity contribution >= 4 is 23.2 Å². The largest absolute Gasteiger partial charge is 0.478 e. The number of carbonyl (C=O) groups excluding carboxylic acids is 1. The van der Waals surface area contributed by atoms with Crippen LogP contribution < -0.4 is 15.0 Å². The number of halogens is 1. The van der Waals surface area contributed by atoms with Gasteiger partial charge in [0.1, 0.15) is 5.75 Å². The molecule has 0 aromatic heterocycles. The normalized spacial score (nSPS) is 15.3. The van der Waals surface area contributed by atoms with Crippen LogP contribution in [0, 0.1) is 0 Å². The third-order valence-electron chi connectivity index (χ3n) is 4.94. The second kappa shape index (κ2) is 9.30. The van der Waals surface area contributed by atoms with Crippen LogP contribution in [0.4, 0.5) is 5.69 Å². The molecule has 1 saturated heterocycles. The Bertz CT molecular complexity index is 757. The van der Waals surface area contributed by atoms with Crippen molar-refractivity contribution in [2.75, 3.05) is 44.2 Å². The third-order valence-corrected chi connectivity index (χ3v) is 5.19. The maximum absolute atomic E-state index is 12.5. The summed E-state index contributed by atoms with van der Waals surface area (Å²) < 4.78 is 5.83. The quantitative estimate of drug-likeness (QED) is 0.772. The number of hydrogen-bond acceptors (Lipinski definition) is 4. The van der Waals surface area contributed by atoms with E-state index in [-0.39, 0.29) is 5.91 Å². The molecule has 1 amide bonds. The lowest BCUT2D eigenvalue weighted by molar-refractivity contribution is -0.134. The number of amides is 1. The van der Waals surface area contributed by atoms with E-state index in [0.717, 1.165) is 32.7 Å². The highest BCUT2D eigenvalue weighted by molar-refractivity contribution is 6.30. The van der Waals surface area contributed by atoms with Gasteiger partial charge >= 0.3 is 0 Å². The average molecular weight is 402 g/mol. The van der Waals surface area contributed by atoms with Gasteiger partial charge in [0.15, 0.2) is 5.60 Å². The molecule has 150 valence electrons. The molecule has 6 heteroatoms. The molecule has 1 fully saturated rings. The molecule has 0 unspecified atom stereocenters. The van der Waals surface area contributed by atoms with Gasteiger partial charge in [-0.05, 0) is 50.2 Å². The number of nitrogens with one attached hydrogen (secondary N) is 1. The second-order valence-corrected chi connectivity index (χ2v) is 7.92. The van der Waals surface area contributed by atoms with E-state index in [9.17, 15) is 4.79 Å². The molecule has 28 heavy (non-hydrogen) atoms. The standard InChI is InChI=1S/C22H28ClN3O2/c1-22(2,28-20-10-8-18(23)9-11-20)21(27)24-12-13-25-14-16-26(17-15-25)19-6-4-3-5-7-19/h3-11H,12-17H2,1-2H3,(H,24,27). The molecule has 1 aliphatic rings. The SMILES string of the molecule is CC(C)(Oc1ccc(Cl)cc1)C(=O)NCCN1CCN(c2ccccc2)CC1. The molecule has 0 spiro atoms. The fraction of sp³-hybridized carbons (Fsp3) is 0.409. The lowest BCUT2D eigenvalue weighted by atomic mass is 10.1. The summed E-state index contributed by atoms with van der Waals surface area (Å²) in [5.74, 6) is 0.506. The van der Waals surface area contributed by atoms with Gasteiger partial charge in [-0.1, -0.05) is 29.8 Å². The van der Waals surface area contributed by atoms with Gasteiger partial charge < -0.3 is 15.0 Å². The third kappa shape index (κ3) is 5.63. The molecule has 2 aromatic rings. The minimum atomic E-state index is -0.945. The average Bonchev–Trinajstić information content (AvgIpc) is 2.71. The van der Waals surface area contributed by atoms with Gasteiger partial charge in [0, 0.05) is 50.0 Å². The van der Waals surface area contributed by atoms with Crippen LogP contribution in [0.25, 0.3) is 0 Å². The Labute approximate surface area is 172 Å². The van der Waals surface area contributed by atoms with Gasteiger partial charge in [-0.3, -0.25) is 9.69 Å². The number of carbonyl (C=O) groups is 1. The predicted molar refractivity (Wildman–Crippen MR) is 114 cm³/mol. The Balaban J connectivity index is 1.39. The van der Waals surface area contributed by atoms with Crippen molar-refractivity contribution in [1.29, 1.82) is 0 Å². The summed E-state index contributed by atoms with van der Waals surface area (Å²) in [6.07, 6.45) is 0. The van der Waals surface area contributed by atoms with E-state index in [1.165, 1.54) is 5.69 Å². The number of rotatable bonds is 7. The van der Waals surface area contributed by atoms with Crippen molar-refractivity contribution in [2.45, 2.75) is 19.4 Å². The molecule has 3 rings (SSSR count). The highest BCUT2D eigenvalue weighted by atomic mass is 35.5. The molecule has 2 aromatic carbocycles. The summed E-state index contributed by atoms with van der Waals surface area (Å²) in [7, 11) is 0. The lowest BCUT2D eigenvalue weighted by Crippen LogP contribution is -2.51. The number of anilines is 1. The van der Waals surface area contributed by atoms with Crippen molar-refractivity contribution in [3.05, 3.63) is 59.6 Å². The van der Waals surface area contributed by atoms with Gasteiger partial charge in [0.2, 0.25) is 0 Å². The fourth-order valence-electron chi connectivity index (χ4n) is 3.25. The Kier molecular flexibility index (Phi) is 6.81. The molecule has 0 radical (unpaired) electrons. The summed E-state index contributed by atoms with van der Waals surface area (Å²) in [4.78, 5) is 17.3. The second-order valence-electron chi connectivity index (χ2n) is 7.49. The first-order chi connectivity index (χ1) is 13.4. The van der Waals surface area contributed by atoms with Crippen LogP contribution in [0.1, 0.15) is 13.8 Å². The van der Waals surface area contributed by atoms with Crippen LogP contribution in [-0.4, -0.2) is 55.7 Å². The predicted octanol–water partition coefficient (Wildman–Crippen LogP) is 3.44. The topological polar surface area (TPSA) is 44.8 Å². The van der Waals surface area contributed by atoms with Crippen LogP contribution in [0.5, 0.6) is 5.75 Å². The van der Waals surface area contributed by atoms with E-state index in [1.807, 2.05) is 6.07 Å². The van der Waals surface area contributed by atoms with Crippen molar-refractivity contribution in [3.8, 4) is 5.75 Å². The van der Waals surface area contributed by atoms with E-state index in [4.69, 9.17) is 16.3 Å². The molecule has 5 nitrogen and oxygen atoms in total. The van der Waals surface area contributed by atoms with E-state index in [0.29, 0.717) is 17.3 Å². The molecule has 1 aliphatic heterocycles. The monoisotopic (exact) mass is 401 g/mol. The fourth-order valence-corrected chi connectivity index (χ4v) is 3.38. The van der Waals surface area contributed by atoms with E-state index < -0.39 is 5.60 Å². The minimum absolute atomic E-state index is 0.120. The summed E-state index contributed by atoms with van der Waals surface area (Å²) in [5.41, 5.74) is 0.330. The van der Waals surface area contributed by atoms with Gasteiger partial charge in [-0.2, -0.15) is 0 Å². The van der Waals surface area contributed by atoms with E-state index in [1.54, 1.807) is 38.1 Å². The first kappa shape index (κ1) is 20.5. The molecule has 0 saturated carbocycles. The highest BCUT2D eigenvalue weighted by Crippen LogP contribution is 2.21. The first-order valence-corrected chi connectivity index (χ1v) is 10.1. The Morgan fingerprint density at radius 2 is 1.68 bits per heavy atom. The first-order valence-electron chi connectivity index (χ1n) is 9.69. The Morgan fingerprint density at radius 1 is 1.04 bits per heavy atom. The summed E-state index contributed by atoms with van der Waals surface area (Å²) in [6, 6.07) is 17.5. The zero-order valence-corrected chi connectivity index (χ0v) is 17.3. The van der Waals surface area contributed by atoms with Crippen molar-refractivity contribution in [2.24, 2.45) is 0 Å². The van der Waals surface area contributed by atoms with Gasteiger partial charge in [-0.25, -0.2) is 0 Å². The molecule has 1 heterocycles. The summed E-state index contributed by atoms with van der Waals surface area (Å²) in [6.45, 7) is 8.99. The van der Waals surface area contributed by atoms with Gasteiger partial charge in [0.25, 0.3) is 5.91 Å². The number of hydrogen-bond donors (Lipinski definition) is 1. The van der Waals surface area contributed by atoms with Crippen LogP contribution >= 0.6 is 11.6 Å². The van der Waals surface area contributed by atoms with Crippen molar-refractivity contribution < 1.29 is 9.53 Å². The molecular formula is C22H28ClN3O2. The van der Waals surface area contributed by atoms with Crippen molar-refractivity contribution in [1.82, 2.24) is 10.2 Å². The lowest BCUT2D eigenvalue weighted by Gasteiger charge is -2.36. The van der Waals surface area contributed by atoms with Crippen LogP contribution in [0.2, 0.25) is 5.02 Å². The molecule has 0 atom stereocenters.